The van der Waals surface area contributed by atoms with Crippen LogP contribution in [0, 0.1) is 10.1 Å². The van der Waals surface area contributed by atoms with Crippen molar-refractivity contribution >= 4 is 40.3 Å². The van der Waals surface area contributed by atoms with Gasteiger partial charge in [0.25, 0.3) is 11.7 Å². The van der Waals surface area contributed by atoms with Crippen LogP contribution in [0.1, 0.15) is 15.9 Å². The number of benzene rings is 3. The number of non-ortho nitro benzene ring substituents is 1. The van der Waals surface area contributed by atoms with Crippen LogP contribution in [-0.2, 0) is 0 Å². The summed E-state index contributed by atoms with van der Waals surface area (Å²) in [5.41, 5.74) is 3.43. The number of anilines is 2. The third kappa shape index (κ3) is 4.19. The van der Waals surface area contributed by atoms with Crippen molar-refractivity contribution in [1.29, 1.82) is 0 Å². The quantitative estimate of drug-likeness (QED) is 0.207. The number of hydrogen-bond acceptors (Lipinski definition) is 6. The molecular formula is C22H15N3O4. The molecule has 0 unspecified atom stereocenters. The molecule has 0 saturated carbocycles. The first kappa shape index (κ1) is 18.1. The highest BCUT2D eigenvalue weighted by Crippen LogP contribution is 2.22. The number of nitro groups is 1. The molecule has 1 heterocycles. The van der Waals surface area contributed by atoms with Crippen molar-refractivity contribution < 1.29 is 14.1 Å². The molecule has 29 heavy (non-hydrogen) atoms. The summed E-state index contributed by atoms with van der Waals surface area (Å²) < 4.78 is 5.62. The number of rotatable bonds is 6. The molecule has 142 valence electrons. The molecule has 0 amide bonds. The summed E-state index contributed by atoms with van der Waals surface area (Å²) in [6, 6.07) is 20.8. The number of carbonyl (C=O) groups excluding carboxylic acids is 1. The van der Waals surface area contributed by atoms with Crippen molar-refractivity contribution in [2.75, 3.05) is 5.32 Å². The molecule has 0 aliphatic rings. The van der Waals surface area contributed by atoms with Gasteiger partial charge in [0, 0.05) is 23.4 Å². The number of para-hydroxylation sites is 2. The molecule has 0 bridgehead atoms. The number of nitrogens with one attached hydrogen (secondary N) is 1. The van der Waals surface area contributed by atoms with Gasteiger partial charge in [-0.05, 0) is 60.2 Å². The molecule has 0 atom stereocenters. The van der Waals surface area contributed by atoms with Crippen LogP contribution in [0.3, 0.4) is 0 Å². The van der Waals surface area contributed by atoms with Crippen LogP contribution in [0.2, 0.25) is 0 Å². The molecule has 1 N–H and O–H groups in total. The second-order valence-corrected chi connectivity index (χ2v) is 6.24. The third-order valence-corrected chi connectivity index (χ3v) is 4.25. The van der Waals surface area contributed by atoms with Gasteiger partial charge in [-0.3, -0.25) is 14.9 Å². The number of hydrogen-bond donors (Lipinski definition) is 1. The van der Waals surface area contributed by atoms with E-state index in [1.54, 1.807) is 42.5 Å². The van der Waals surface area contributed by atoms with E-state index < -0.39 is 4.92 Å². The van der Waals surface area contributed by atoms with Crippen LogP contribution in [0.4, 0.5) is 17.4 Å². The van der Waals surface area contributed by atoms with Crippen molar-refractivity contribution in [1.82, 2.24) is 4.98 Å². The summed E-state index contributed by atoms with van der Waals surface area (Å²) >= 11 is 0. The fraction of sp³-hybridized carbons (Fsp3) is 0. The molecule has 0 saturated heterocycles. The van der Waals surface area contributed by atoms with E-state index in [0.717, 1.165) is 11.2 Å². The predicted octanol–water partition coefficient (Wildman–Crippen LogP) is 5.38. The van der Waals surface area contributed by atoms with Crippen LogP contribution in [0.25, 0.3) is 17.2 Å². The van der Waals surface area contributed by atoms with E-state index in [9.17, 15) is 14.9 Å². The van der Waals surface area contributed by atoms with Crippen molar-refractivity contribution in [2.24, 2.45) is 0 Å². The van der Waals surface area contributed by atoms with Crippen LogP contribution in [-0.4, -0.2) is 15.7 Å². The van der Waals surface area contributed by atoms with E-state index >= 15 is 0 Å². The number of nitro benzene ring substituents is 1. The maximum absolute atomic E-state index is 12.3. The molecule has 7 nitrogen and oxygen atoms in total. The topological polar surface area (TPSA) is 98.3 Å². The first-order valence-corrected chi connectivity index (χ1v) is 8.78. The van der Waals surface area contributed by atoms with E-state index in [-0.39, 0.29) is 11.5 Å². The van der Waals surface area contributed by atoms with Crippen molar-refractivity contribution in [3.05, 3.63) is 100 Å². The number of aromatic nitrogens is 1. The SMILES string of the molecule is O=C(/C=C/c1ccc([N+](=O)[O-])cc1)c1ccc(Nc2nc3ccccc3o2)cc1. The van der Waals surface area contributed by atoms with Gasteiger partial charge in [0.05, 0.1) is 4.92 Å². The molecule has 0 aliphatic heterocycles. The normalized spacial score (nSPS) is 11.0. The Morgan fingerprint density at radius 1 is 1.00 bits per heavy atom. The highest BCUT2D eigenvalue weighted by Gasteiger charge is 2.07. The lowest BCUT2D eigenvalue weighted by Crippen LogP contribution is -1.95. The minimum absolute atomic E-state index is 0.00973. The Morgan fingerprint density at radius 2 is 1.72 bits per heavy atom. The van der Waals surface area contributed by atoms with Gasteiger partial charge in [-0.2, -0.15) is 4.98 Å². The summed E-state index contributed by atoms with van der Waals surface area (Å²) in [4.78, 5) is 26.9. The zero-order chi connectivity index (χ0) is 20.2. The molecular weight excluding hydrogens is 370 g/mol. The standard InChI is InChI=1S/C22H15N3O4/c26-20(14-7-15-5-12-18(13-6-15)25(27)28)16-8-10-17(11-9-16)23-22-24-19-3-1-2-4-21(19)29-22/h1-14H,(H,23,24)/b14-7+. The van der Waals surface area contributed by atoms with Crippen LogP contribution in [0.15, 0.2) is 83.3 Å². The van der Waals surface area contributed by atoms with E-state index in [4.69, 9.17) is 4.42 Å². The predicted molar refractivity (Wildman–Crippen MR) is 110 cm³/mol. The molecule has 0 radical (unpaired) electrons. The lowest BCUT2D eigenvalue weighted by molar-refractivity contribution is -0.384. The Hall–Kier alpha value is -4.26. The Kier molecular flexibility index (Phi) is 4.86. The number of carbonyl (C=O) groups is 1. The zero-order valence-corrected chi connectivity index (χ0v) is 15.1. The molecule has 3 aromatic carbocycles. The van der Waals surface area contributed by atoms with Gasteiger partial charge in [0.2, 0.25) is 0 Å². The highest BCUT2D eigenvalue weighted by molar-refractivity contribution is 6.07. The Balaban J connectivity index is 1.42. The van der Waals surface area contributed by atoms with E-state index in [0.29, 0.717) is 22.7 Å². The lowest BCUT2D eigenvalue weighted by Gasteiger charge is -2.02. The van der Waals surface area contributed by atoms with E-state index in [1.165, 1.54) is 18.2 Å². The number of allylic oxidation sites excluding steroid dienone is 1. The van der Waals surface area contributed by atoms with Crippen LogP contribution >= 0.6 is 0 Å². The fourth-order valence-electron chi connectivity index (χ4n) is 2.74. The summed E-state index contributed by atoms with van der Waals surface area (Å²) in [6.45, 7) is 0. The van der Waals surface area contributed by atoms with Crippen molar-refractivity contribution in [3.63, 3.8) is 0 Å². The first-order chi connectivity index (χ1) is 14.1. The molecule has 0 spiro atoms. The maximum atomic E-state index is 12.3. The van der Waals surface area contributed by atoms with Gasteiger partial charge < -0.3 is 9.73 Å². The molecule has 7 heteroatoms. The number of oxazole rings is 1. The summed E-state index contributed by atoms with van der Waals surface area (Å²) in [7, 11) is 0. The van der Waals surface area contributed by atoms with Gasteiger partial charge in [-0.25, -0.2) is 0 Å². The number of fused-ring (bicyclic) bond motifs is 1. The molecule has 1 aromatic heterocycles. The third-order valence-electron chi connectivity index (χ3n) is 4.25. The average molecular weight is 385 g/mol. The Labute approximate surface area is 165 Å². The number of nitrogens with zero attached hydrogens (tertiary/aromatic N) is 2. The summed E-state index contributed by atoms with van der Waals surface area (Å²) in [6.07, 6.45) is 3.06. The highest BCUT2D eigenvalue weighted by atomic mass is 16.6. The lowest BCUT2D eigenvalue weighted by atomic mass is 10.1. The second-order valence-electron chi connectivity index (χ2n) is 6.24. The van der Waals surface area contributed by atoms with Gasteiger partial charge in [-0.1, -0.05) is 18.2 Å². The molecule has 4 rings (SSSR count). The molecule has 0 fully saturated rings. The molecule has 0 aliphatic carbocycles. The summed E-state index contributed by atoms with van der Waals surface area (Å²) in [5, 5.41) is 13.7. The van der Waals surface area contributed by atoms with Gasteiger partial charge in [0.1, 0.15) is 5.52 Å². The zero-order valence-electron chi connectivity index (χ0n) is 15.1. The Bertz CT molecular complexity index is 1180. The van der Waals surface area contributed by atoms with Crippen LogP contribution < -0.4 is 5.32 Å². The second kappa shape index (κ2) is 7.77. The van der Waals surface area contributed by atoms with Crippen LogP contribution in [0.5, 0.6) is 0 Å². The van der Waals surface area contributed by atoms with Crippen molar-refractivity contribution in [2.45, 2.75) is 0 Å². The monoisotopic (exact) mass is 385 g/mol. The Morgan fingerprint density at radius 3 is 2.41 bits per heavy atom. The average Bonchev–Trinajstić information content (AvgIpc) is 3.15. The number of ketones is 1. The smallest absolute Gasteiger partial charge is 0.300 e. The maximum Gasteiger partial charge on any atom is 0.300 e. The first-order valence-electron chi connectivity index (χ1n) is 8.78. The van der Waals surface area contributed by atoms with Crippen molar-refractivity contribution in [3.8, 4) is 0 Å². The van der Waals surface area contributed by atoms with Gasteiger partial charge >= 0.3 is 0 Å². The minimum atomic E-state index is -0.463. The molecule has 4 aromatic rings. The summed E-state index contributed by atoms with van der Waals surface area (Å²) in [5.74, 6) is -0.170. The van der Waals surface area contributed by atoms with E-state index in [2.05, 4.69) is 10.3 Å². The van der Waals surface area contributed by atoms with E-state index in [1.807, 2.05) is 24.3 Å². The van der Waals surface area contributed by atoms with Gasteiger partial charge in [-0.15, -0.1) is 0 Å². The fourth-order valence-corrected chi connectivity index (χ4v) is 2.74. The minimum Gasteiger partial charge on any atom is -0.423 e. The largest absolute Gasteiger partial charge is 0.423 e. The van der Waals surface area contributed by atoms with Gasteiger partial charge in [0.15, 0.2) is 11.4 Å².